The Bertz CT molecular complexity index is 1130. The van der Waals surface area contributed by atoms with Crippen LogP contribution in [-0.2, 0) is 29.4 Å². The summed E-state index contributed by atoms with van der Waals surface area (Å²) in [5.74, 6) is -1.13. The van der Waals surface area contributed by atoms with Crippen LogP contribution >= 0.6 is 0 Å². The molecule has 156 valence electrons. The number of nitrogens with zero attached hydrogens (tertiary/aromatic N) is 2. The van der Waals surface area contributed by atoms with Gasteiger partial charge in [0.2, 0.25) is 10.0 Å². The molecular formula is C19H23N3O6S. The molecule has 10 heteroatoms. The van der Waals surface area contributed by atoms with E-state index in [1.54, 1.807) is 0 Å². The molecule has 2 aromatic rings. The van der Waals surface area contributed by atoms with Gasteiger partial charge in [-0.3, -0.25) is 14.3 Å². The Hall–Kier alpha value is -2.72. The van der Waals surface area contributed by atoms with Gasteiger partial charge in [0.05, 0.1) is 10.5 Å². The highest BCUT2D eigenvalue weighted by Crippen LogP contribution is 2.18. The molecule has 0 aliphatic heterocycles. The second kappa shape index (κ2) is 8.34. The van der Waals surface area contributed by atoms with E-state index in [4.69, 9.17) is 5.11 Å². The summed E-state index contributed by atoms with van der Waals surface area (Å²) in [6.45, 7) is 0.471. The minimum atomic E-state index is -3.77. The Morgan fingerprint density at radius 3 is 2.48 bits per heavy atom. The second-order valence-corrected chi connectivity index (χ2v) is 9.10. The van der Waals surface area contributed by atoms with Crippen molar-refractivity contribution in [3.05, 3.63) is 61.9 Å². The van der Waals surface area contributed by atoms with Gasteiger partial charge in [-0.1, -0.05) is 0 Å². The lowest BCUT2D eigenvalue weighted by Crippen LogP contribution is -2.37. The van der Waals surface area contributed by atoms with E-state index < -0.39 is 21.7 Å². The monoisotopic (exact) mass is 421 g/mol. The first-order valence-corrected chi connectivity index (χ1v) is 10.8. The first kappa shape index (κ1) is 21.0. The van der Waals surface area contributed by atoms with Crippen LogP contribution in [0.15, 0.2) is 38.8 Å². The van der Waals surface area contributed by atoms with Gasteiger partial charge in [-0.2, -0.15) is 0 Å². The van der Waals surface area contributed by atoms with Crippen LogP contribution in [0.1, 0.15) is 40.9 Å². The Morgan fingerprint density at radius 2 is 1.83 bits per heavy atom. The lowest BCUT2D eigenvalue weighted by Gasteiger charge is -2.21. The minimum Gasteiger partial charge on any atom is -0.478 e. The van der Waals surface area contributed by atoms with Crippen molar-refractivity contribution in [2.75, 3.05) is 13.6 Å². The highest BCUT2D eigenvalue weighted by molar-refractivity contribution is 7.89. The van der Waals surface area contributed by atoms with E-state index in [1.807, 2.05) is 0 Å². The van der Waals surface area contributed by atoms with Crippen LogP contribution in [0.2, 0.25) is 0 Å². The molecule has 1 aromatic carbocycles. The van der Waals surface area contributed by atoms with Crippen molar-refractivity contribution in [1.82, 2.24) is 13.9 Å². The second-order valence-electron chi connectivity index (χ2n) is 7.05. The summed E-state index contributed by atoms with van der Waals surface area (Å²) in [6.07, 6.45) is 3.53. The summed E-state index contributed by atoms with van der Waals surface area (Å²) < 4.78 is 28.0. The van der Waals surface area contributed by atoms with Gasteiger partial charge in [-0.25, -0.2) is 22.3 Å². The van der Waals surface area contributed by atoms with Gasteiger partial charge in [-0.05, 0) is 56.4 Å². The number of benzene rings is 1. The van der Waals surface area contributed by atoms with E-state index in [1.165, 1.54) is 40.2 Å². The van der Waals surface area contributed by atoms with Crippen molar-refractivity contribution >= 4 is 16.0 Å². The number of rotatable bonds is 7. The normalized spacial score (nSPS) is 14.0. The smallest absolute Gasteiger partial charge is 0.335 e. The summed E-state index contributed by atoms with van der Waals surface area (Å²) in [7, 11) is -2.34. The molecule has 0 saturated carbocycles. The molecule has 0 amide bonds. The summed E-state index contributed by atoms with van der Waals surface area (Å²) in [6, 6.07) is 5.01. The molecule has 3 rings (SSSR count). The largest absolute Gasteiger partial charge is 0.478 e. The fourth-order valence-electron chi connectivity index (χ4n) is 3.55. The third-order valence-electron chi connectivity index (χ3n) is 5.17. The number of carboxylic acids is 1. The highest BCUT2D eigenvalue weighted by atomic mass is 32.2. The van der Waals surface area contributed by atoms with Gasteiger partial charge < -0.3 is 5.11 Å². The third kappa shape index (κ3) is 4.33. The van der Waals surface area contributed by atoms with Crippen LogP contribution in [0.4, 0.5) is 0 Å². The molecule has 0 atom stereocenters. The maximum atomic E-state index is 12.7. The summed E-state index contributed by atoms with van der Waals surface area (Å²) in [4.78, 5) is 37.5. The number of nitrogens with one attached hydrogen (secondary N) is 1. The van der Waals surface area contributed by atoms with E-state index in [-0.39, 0.29) is 22.6 Å². The van der Waals surface area contributed by atoms with Gasteiger partial charge in [0, 0.05) is 31.4 Å². The predicted molar refractivity (Wildman–Crippen MR) is 106 cm³/mol. The number of aromatic amines is 1. The minimum absolute atomic E-state index is 0.00332. The van der Waals surface area contributed by atoms with Crippen molar-refractivity contribution in [3.8, 4) is 0 Å². The number of hydrogen-bond donors (Lipinski definition) is 2. The van der Waals surface area contributed by atoms with Crippen molar-refractivity contribution < 1.29 is 18.3 Å². The molecule has 0 spiro atoms. The van der Waals surface area contributed by atoms with E-state index in [2.05, 4.69) is 4.98 Å². The fourth-order valence-corrected chi connectivity index (χ4v) is 4.76. The molecule has 0 unspecified atom stereocenters. The zero-order valence-corrected chi connectivity index (χ0v) is 16.9. The van der Waals surface area contributed by atoms with Crippen LogP contribution in [-0.4, -0.2) is 46.9 Å². The first-order valence-electron chi connectivity index (χ1n) is 9.36. The number of sulfonamides is 1. The predicted octanol–water partition coefficient (Wildman–Crippen LogP) is 0.824. The van der Waals surface area contributed by atoms with Gasteiger partial charge in [0.1, 0.15) is 0 Å². The standard InChI is InChI=1S/C19H23N3O6S/c1-21(29(27,28)14-9-7-13(8-10-14)18(24)25)11-4-12-22-16-6-3-2-5-15(16)17(23)20-19(22)26/h7-10H,2-6,11-12H2,1H3,(H,24,25)(H,20,23,26). The van der Waals surface area contributed by atoms with Gasteiger partial charge in [0.25, 0.3) is 5.56 Å². The van der Waals surface area contributed by atoms with Crippen molar-refractivity contribution in [3.63, 3.8) is 0 Å². The van der Waals surface area contributed by atoms with E-state index >= 15 is 0 Å². The summed E-state index contributed by atoms with van der Waals surface area (Å²) >= 11 is 0. The quantitative estimate of drug-likeness (QED) is 0.681. The number of hydrogen-bond acceptors (Lipinski definition) is 5. The first-order chi connectivity index (χ1) is 13.7. The fraction of sp³-hybridized carbons (Fsp3) is 0.421. The summed E-state index contributed by atoms with van der Waals surface area (Å²) in [5.41, 5.74) is 0.611. The molecule has 29 heavy (non-hydrogen) atoms. The number of carbonyl (C=O) groups is 1. The average Bonchev–Trinajstić information content (AvgIpc) is 2.70. The van der Waals surface area contributed by atoms with Crippen molar-refractivity contribution in [2.24, 2.45) is 0 Å². The zero-order chi connectivity index (χ0) is 21.2. The number of aromatic nitrogens is 2. The number of carboxylic acid groups (broad SMARTS) is 1. The van der Waals surface area contributed by atoms with E-state index in [9.17, 15) is 22.8 Å². The van der Waals surface area contributed by atoms with Gasteiger partial charge in [0.15, 0.2) is 0 Å². The third-order valence-corrected chi connectivity index (χ3v) is 7.04. The maximum Gasteiger partial charge on any atom is 0.335 e. The molecule has 2 N–H and O–H groups in total. The lowest BCUT2D eigenvalue weighted by atomic mass is 9.97. The molecule has 1 aliphatic carbocycles. The molecular weight excluding hydrogens is 398 g/mol. The Morgan fingerprint density at radius 1 is 1.17 bits per heavy atom. The topological polar surface area (TPSA) is 130 Å². The number of H-pyrrole nitrogens is 1. The van der Waals surface area contributed by atoms with Gasteiger partial charge >= 0.3 is 11.7 Å². The number of fused-ring (bicyclic) bond motifs is 1. The molecule has 0 fully saturated rings. The highest BCUT2D eigenvalue weighted by Gasteiger charge is 2.22. The molecule has 9 nitrogen and oxygen atoms in total. The van der Waals surface area contributed by atoms with Crippen LogP contribution in [0, 0.1) is 0 Å². The molecule has 1 heterocycles. The van der Waals surface area contributed by atoms with Crippen molar-refractivity contribution in [1.29, 1.82) is 0 Å². The summed E-state index contributed by atoms with van der Waals surface area (Å²) in [5, 5.41) is 8.93. The van der Waals surface area contributed by atoms with E-state index in [0.29, 0.717) is 31.4 Å². The van der Waals surface area contributed by atoms with Crippen molar-refractivity contribution in [2.45, 2.75) is 43.5 Å². The molecule has 0 radical (unpaired) electrons. The molecule has 1 aromatic heterocycles. The maximum absolute atomic E-state index is 12.7. The SMILES string of the molecule is CN(CCCn1c2c(c(=O)[nH]c1=O)CCCC2)S(=O)(=O)c1ccc(C(=O)O)cc1. The van der Waals surface area contributed by atoms with Crippen LogP contribution in [0.25, 0.3) is 0 Å². The lowest BCUT2D eigenvalue weighted by molar-refractivity contribution is 0.0696. The van der Waals surface area contributed by atoms with Crippen LogP contribution in [0.3, 0.4) is 0 Å². The molecule has 0 saturated heterocycles. The van der Waals surface area contributed by atoms with Gasteiger partial charge in [-0.15, -0.1) is 0 Å². The van der Waals surface area contributed by atoms with Crippen LogP contribution < -0.4 is 11.2 Å². The average molecular weight is 421 g/mol. The Balaban J connectivity index is 1.71. The molecule has 0 bridgehead atoms. The Kier molecular flexibility index (Phi) is 6.04. The zero-order valence-electron chi connectivity index (χ0n) is 16.1. The molecule has 1 aliphatic rings. The van der Waals surface area contributed by atoms with E-state index in [0.717, 1.165) is 18.5 Å². The Labute approximate surface area is 167 Å². The van der Waals surface area contributed by atoms with Crippen LogP contribution in [0.5, 0.6) is 0 Å². The number of aromatic carboxylic acids is 1.